The summed E-state index contributed by atoms with van der Waals surface area (Å²) in [6, 6.07) is 15.3. The van der Waals surface area contributed by atoms with Crippen molar-refractivity contribution in [1.82, 2.24) is 4.90 Å². The Kier molecular flexibility index (Phi) is 5.17. The number of rotatable bonds is 4. The maximum Gasteiger partial charge on any atom is 0.161 e. The van der Waals surface area contributed by atoms with E-state index in [1.807, 2.05) is 32.3 Å². The summed E-state index contributed by atoms with van der Waals surface area (Å²) in [5.41, 5.74) is 7.49. The summed E-state index contributed by atoms with van der Waals surface area (Å²) in [6.07, 6.45) is 2.92. The second-order valence-electron chi connectivity index (χ2n) is 7.96. The molecule has 5 heteroatoms. The highest BCUT2D eigenvalue weighted by Crippen LogP contribution is 2.46. The van der Waals surface area contributed by atoms with E-state index >= 15 is 0 Å². The van der Waals surface area contributed by atoms with Crippen LogP contribution in [0.5, 0.6) is 11.5 Å². The minimum absolute atomic E-state index is 0.106. The van der Waals surface area contributed by atoms with Crippen LogP contribution in [0.4, 0.5) is 5.69 Å². The van der Waals surface area contributed by atoms with E-state index in [1.54, 1.807) is 14.2 Å². The van der Waals surface area contributed by atoms with Crippen LogP contribution in [0.1, 0.15) is 29.7 Å². The number of anilines is 1. The first-order valence-electron chi connectivity index (χ1n) is 10.1. The maximum absolute atomic E-state index is 9.91. The van der Waals surface area contributed by atoms with Gasteiger partial charge in [-0.25, -0.2) is 0 Å². The second-order valence-corrected chi connectivity index (χ2v) is 7.96. The van der Waals surface area contributed by atoms with Gasteiger partial charge in [0.15, 0.2) is 11.5 Å². The average Bonchev–Trinajstić information content (AvgIpc) is 2.77. The van der Waals surface area contributed by atoms with Crippen molar-refractivity contribution in [3.8, 4) is 17.6 Å². The molecule has 0 saturated carbocycles. The Morgan fingerprint density at radius 1 is 1.07 bits per heavy atom. The topological polar surface area (TPSA) is 48.7 Å². The van der Waals surface area contributed by atoms with Gasteiger partial charge in [0.05, 0.1) is 31.5 Å². The molecule has 4 rings (SSSR count). The molecule has 2 heterocycles. The maximum atomic E-state index is 9.91. The molecule has 0 radical (unpaired) electrons. The highest BCUT2D eigenvalue weighted by molar-refractivity contribution is 5.80. The third-order valence-corrected chi connectivity index (χ3v) is 5.99. The zero-order chi connectivity index (χ0) is 21.4. The predicted octanol–water partition coefficient (Wildman–Crippen LogP) is 4.56. The van der Waals surface area contributed by atoms with Crippen LogP contribution in [0.2, 0.25) is 0 Å². The molecule has 30 heavy (non-hydrogen) atoms. The fourth-order valence-corrected chi connectivity index (χ4v) is 4.52. The van der Waals surface area contributed by atoms with Gasteiger partial charge in [0.25, 0.3) is 0 Å². The molecule has 0 N–H and O–H groups in total. The Morgan fingerprint density at radius 2 is 1.73 bits per heavy atom. The summed E-state index contributed by atoms with van der Waals surface area (Å²) in [5.74, 6) is 1.41. The van der Waals surface area contributed by atoms with Gasteiger partial charge in [-0.2, -0.15) is 5.26 Å². The number of fused-ring (bicyclic) bond motifs is 3. The van der Waals surface area contributed by atoms with Crippen LogP contribution >= 0.6 is 0 Å². The molecule has 2 aromatic rings. The quantitative estimate of drug-likeness (QED) is 0.751. The Morgan fingerprint density at radius 3 is 2.33 bits per heavy atom. The van der Waals surface area contributed by atoms with E-state index in [0.717, 1.165) is 30.0 Å². The van der Waals surface area contributed by atoms with E-state index < -0.39 is 0 Å². The van der Waals surface area contributed by atoms with E-state index in [2.05, 4.69) is 47.1 Å². The molecule has 0 spiro atoms. The van der Waals surface area contributed by atoms with Crippen LogP contribution < -0.4 is 14.4 Å². The Bertz CT molecular complexity index is 1070. The number of allylic oxidation sites excluding steroid dienone is 2. The van der Waals surface area contributed by atoms with Gasteiger partial charge in [-0.15, -0.1) is 0 Å². The van der Waals surface area contributed by atoms with Crippen molar-refractivity contribution in [2.75, 3.05) is 39.8 Å². The van der Waals surface area contributed by atoms with Crippen molar-refractivity contribution in [2.45, 2.75) is 19.4 Å². The summed E-state index contributed by atoms with van der Waals surface area (Å²) in [7, 11) is 7.39. The number of nitriles is 1. The van der Waals surface area contributed by atoms with Crippen molar-refractivity contribution >= 4 is 11.4 Å². The summed E-state index contributed by atoms with van der Waals surface area (Å²) in [5, 5.41) is 9.91. The zero-order valence-electron chi connectivity index (χ0n) is 18.2. The molecule has 0 bridgehead atoms. The summed E-state index contributed by atoms with van der Waals surface area (Å²) >= 11 is 0. The van der Waals surface area contributed by atoms with Gasteiger partial charge in [0.1, 0.15) is 6.07 Å². The van der Waals surface area contributed by atoms with Gasteiger partial charge in [-0.05, 0) is 60.4 Å². The molecule has 154 valence electrons. The highest BCUT2D eigenvalue weighted by Gasteiger charge is 2.35. The second kappa shape index (κ2) is 7.79. The molecule has 0 saturated heterocycles. The smallest absolute Gasteiger partial charge is 0.161 e. The third kappa shape index (κ3) is 3.19. The van der Waals surface area contributed by atoms with E-state index in [9.17, 15) is 5.26 Å². The number of ether oxygens (including phenoxy) is 2. The van der Waals surface area contributed by atoms with E-state index in [0.29, 0.717) is 11.3 Å². The van der Waals surface area contributed by atoms with Crippen molar-refractivity contribution in [2.24, 2.45) is 0 Å². The van der Waals surface area contributed by atoms with Gasteiger partial charge < -0.3 is 19.3 Å². The van der Waals surface area contributed by atoms with Crippen LogP contribution in [0.3, 0.4) is 0 Å². The summed E-state index contributed by atoms with van der Waals surface area (Å²) < 4.78 is 11.0. The van der Waals surface area contributed by atoms with Gasteiger partial charge in [0, 0.05) is 31.9 Å². The average molecular weight is 402 g/mol. The molecule has 0 aromatic heterocycles. The first-order valence-corrected chi connectivity index (χ1v) is 10.1. The SMILES string of the molecule is COc1cc2c(cc1OC)C1=C(C#N)C=C(C)C(c3ccc(N(C)C)cc3)N1CC2. The number of benzene rings is 2. The minimum Gasteiger partial charge on any atom is -0.493 e. The standard InChI is InChI=1S/C25H27N3O2/c1-16-12-19(15-26)25-21-14-23(30-5)22(29-4)13-18(21)10-11-28(25)24(16)17-6-8-20(9-7-17)27(2)3/h6-9,12-14,24H,10-11H2,1-5H3. The molecular formula is C25H27N3O2. The molecule has 2 aromatic carbocycles. The number of hydrogen-bond donors (Lipinski definition) is 0. The molecule has 0 fully saturated rings. The Balaban J connectivity index is 1.84. The van der Waals surface area contributed by atoms with Gasteiger partial charge in [0.2, 0.25) is 0 Å². The molecule has 2 aliphatic rings. The molecule has 1 atom stereocenters. The lowest BCUT2D eigenvalue weighted by atomic mass is 9.85. The van der Waals surface area contributed by atoms with Crippen LogP contribution in [0, 0.1) is 11.3 Å². The van der Waals surface area contributed by atoms with Gasteiger partial charge in [-0.1, -0.05) is 12.1 Å². The fraction of sp³-hybridized carbons (Fsp3) is 0.320. The monoisotopic (exact) mass is 401 g/mol. The predicted molar refractivity (Wildman–Crippen MR) is 120 cm³/mol. The third-order valence-electron chi connectivity index (χ3n) is 5.99. The molecule has 0 aliphatic carbocycles. The summed E-state index contributed by atoms with van der Waals surface area (Å²) in [4.78, 5) is 4.47. The fourth-order valence-electron chi connectivity index (χ4n) is 4.52. The molecule has 2 aliphatic heterocycles. The zero-order valence-corrected chi connectivity index (χ0v) is 18.2. The number of hydrogen-bond acceptors (Lipinski definition) is 5. The van der Waals surface area contributed by atoms with E-state index in [1.165, 1.54) is 22.4 Å². The highest BCUT2D eigenvalue weighted by atomic mass is 16.5. The first-order chi connectivity index (χ1) is 14.5. The Labute approximate surface area is 178 Å². The summed E-state index contributed by atoms with van der Waals surface area (Å²) in [6.45, 7) is 2.96. The van der Waals surface area contributed by atoms with Crippen molar-refractivity contribution in [1.29, 1.82) is 5.26 Å². The van der Waals surface area contributed by atoms with Crippen LogP contribution in [-0.2, 0) is 6.42 Å². The lowest BCUT2D eigenvalue weighted by Crippen LogP contribution is -2.36. The minimum atomic E-state index is 0.106. The molecular weight excluding hydrogens is 374 g/mol. The van der Waals surface area contributed by atoms with Crippen LogP contribution in [0.25, 0.3) is 5.70 Å². The van der Waals surface area contributed by atoms with Gasteiger partial charge >= 0.3 is 0 Å². The number of nitrogens with zero attached hydrogens (tertiary/aromatic N) is 3. The lowest BCUT2D eigenvalue weighted by molar-refractivity contribution is 0.318. The van der Waals surface area contributed by atoms with Gasteiger partial charge in [-0.3, -0.25) is 0 Å². The van der Waals surface area contributed by atoms with Crippen molar-refractivity contribution in [3.63, 3.8) is 0 Å². The molecule has 5 nitrogen and oxygen atoms in total. The largest absolute Gasteiger partial charge is 0.493 e. The number of methoxy groups -OCH3 is 2. The van der Waals surface area contributed by atoms with E-state index in [-0.39, 0.29) is 6.04 Å². The first kappa shape index (κ1) is 19.9. The molecule has 1 unspecified atom stereocenters. The van der Waals surface area contributed by atoms with Crippen LogP contribution in [0.15, 0.2) is 53.6 Å². The van der Waals surface area contributed by atoms with E-state index in [4.69, 9.17) is 9.47 Å². The normalized spacial score (nSPS) is 17.5. The molecule has 0 amide bonds. The lowest BCUT2D eigenvalue weighted by Gasteiger charge is -2.43. The van der Waals surface area contributed by atoms with Crippen molar-refractivity contribution < 1.29 is 9.47 Å². The Hall–Kier alpha value is -3.39. The van der Waals surface area contributed by atoms with Crippen molar-refractivity contribution in [3.05, 3.63) is 70.3 Å². The van der Waals surface area contributed by atoms with Crippen LogP contribution in [-0.4, -0.2) is 39.8 Å².